The fourth-order valence-electron chi connectivity index (χ4n) is 6.65. The number of rotatable bonds is 12. The molecule has 1 aliphatic rings. The van der Waals surface area contributed by atoms with Crippen LogP contribution in [0.2, 0.25) is 5.04 Å². The SMILES string of the molecule is COCCOC1C(OC(=S)Oc2cccc(C(C)(C)C)c2)[C@H](CO[Si](c2ccccc2)(c2ccccc2)C(C)(C)C)O[C@@H]1n1cc(C)c(=O)[nH]c1=O. The van der Waals surface area contributed by atoms with Crippen LogP contribution in [0.15, 0.2) is 101 Å². The van der Waals surface area contributed by atoms with Gasteiger partial charge >= 0.3 is 10.9 Å². The van der Waals surface area contributed by atoms with Crippen LogP contribution in [0.3, 0.4) is 0 Å². The Bertz CT molecular complexity index is 1880. The Morgan fingerprint density at radius 2 is 1.52 bits per heavy atom. The second kappa shape index (κ2) is 16.4. The molecule has 0 spiro atoms. The minimum absolute atomic E-state index is 0.0673. The molecule has 1 saturated heterocycles. The smallest absolute Gasteiger partial charge is 0.358 e. The molecule has 0 aliphatic carbocycles. The summed E-state index contributed by atoms with van der Waals surface area (Å²) in [6.07, 6.45) is -2.11. The number of nitrogens with one attached hydrogen (secondary N) is 1. The minimum Gasteiger partial charge on any atom is -0.447 e. The standard InChI is InChI=1S/C40H50N2O8SSi/c1-27-25-42(37(44)41-35(27)43)36-34(46-23-22-45-8)33(50-38(51)48-29-17-15-16-28(24-29)39(2,3)4)32(49-36)26-47-52(40(5,6)7,30-18-11-9-12-19-30)31-20-13-10-14-21-31/h9-21,24-25,32-34,36H,22-23,26H2,1-8H3,(H,41,43,44)/t32-,33?,34?,36-/m0/s1. The fraction of sp³-hybridized carbons (Fsp3) is 0.425. The Morgan fingerprint density at radius 1 is 0.885 bits per heavy atom. The Labute approximate surface area is 312 Å². The van der Waals surface area contributed by atoms with Crippen LogP contribution in [-0.2, 0) is 28.8 Å². The van der Waals surface area contributed by atoms with Crippen molar-refractivity contribution in [2.24, 2.45) is 0 Å². The van der Waals surface area contributed by atoms with Crippen molar-refractivity contribution in [2.75, 3.05) is 26.9 Å². The maximum Gasteiger partial charge on any atom is 0.358 e. The third kappa shape index (κ3) is 8.65. The zero-order valence-corrected chi connectivity index (χ0v) is 33.0. The number of thiocarbonyl (C=S) groups is 1. The first-order valence-corrected chi connectivity index (χ1v) is 19.8. The molecule has 1 fully saturated rings. The molecule has 1 aromatic heterocycles. The van der Waals surface area contributed by atoms with Gasteiger partial charge in [-0.05, 0) is 45.4 Å². The maximum atomic E-state index is 13.3. The van der Waals surface area contributed by atoms with Gasteiger partial charge in [-0.3, -0.25) is 14.3 Å². The zero-order valence-electron chi connectivity index (χ0n) is 31.2. The number of aromatic nitrogens is 2. The molecular formula is C40H50N2O8SSi. The average Bonchev–Trinajstić information content (AvgIpc) is 3.42. The quantitative estimate of drug-likeness (QED) is 0.116. The summed E-state index contributed by atoms with van der Waals surface area (Å²) in [6.45, 7) is 15.1. The van der Waals surface area contributed by atoms with Gasteiger partial charge in [0.25, 0.3) is 13.9 Å². The summed E-state index contributed by atoms with van der Waals surface area (Å²) in [4.78, 5) is 28.1. The van der Waals surface area contributed by atoms with Crippen LogP contribution in [0.25, 0.3) is 0 Å². The summed E-state index contributed by atoms with van der Waals surface area (Å²) in [5.74, 6) is 0.525. The zero-order chi connectivity index (χ0) is 37.7. The summed E-state index contributed by atoms with van der Waals surface area (Å²) in [5.41, 5.74) is 0.164. The van der Waals surface area contributed by atoms with Crippen LogP contribution in [0, 0.1) is 6.92 Å². The van der Waals surface area contributed by atoms with Crippen molar-refractivity contribution in [3.63, 3.8) is 0 Å². The number of H-pyrrole nitrogens is 1. The first-order chi connectivity index (χ1) is 24.7. The third-order valence-electron chi connectivity index (χ3n) is 9.32. The highest BCUT2D eigenvalue weighted by atomic mass is 32.1. The normalized spacial score (nSPS) is 19.4. The van der Waals surface area contributed by atoms with Crippen molar-refractivity contribution < 1.29 is 28.1 Å². The summed E-state index contributed by atoms with van der Waals surface area (Å²) < 4.78 is 39.6. The molecule has 2 unspecified atom stereocenters. The number of nitrogens with zero attached hydrogens (tertiary/aromatic N) is 1. The van der Waals surface area contributed by atoms with Crippen LogP contribution >= 0.6 is 12.2 Å². The number of benzene rings is 3. The lowest BCUT2D eigenvalue weighted by atomic mass is 9.87. The van der Waals surface area contributed by atoms with E-state index in [1.807, 2.05) is 60.7 Å². The molecule has 0 radical (unpaired) electrons. The fourth-order valence-corrected chi connectivity index (χ4v) is 11.4. The van der Waals surface area contributed by atoms with E-state index in [4.69, 9.17) is 40.3 Å². The highest BCUT2D eigenvalue weighted by Gasteiger charge is 2.54. The summed E-state index contributed by atoms with van der Waals surface area (Å²) in [7, 11) is -1.46. The van der Waals surface area contributed by atoms with Crippen molar-refractivity contribution in [3.05, 3.63) is 123 Å². The molecule has 4 atom stereocenters. The Morgan fingerprint density at radius 3 is 2.10 bits per heavy atom. The van der Waals surface area contributed by atoms with Gasteiger partial charge in [0.15, 0.2) is 12.3 Å². The van der Waals surface area contributed by atoms with Crippen LogP contribution in [0.5, 0.6) is 5.75 Å². The molecule has 2 heterocycles. The van der Waals surface area contributed by atoms with Gasteiger partial charge in [0.05, 0.1) is 19.8 Å². The van der Waals surface area contributed by atoms with Crippen LogP contribution in [0.4, 0.5) is 0 Å². The molecule has 10 nitrogen and oxygen atoms in total. The van der Waals surface area contributed by atoms with Gasteiger partial charge in [0.2, 0.25) is 0 Å². The molecule has 1 aliphatic heterocycles. The Hall–Kier alpha value is -3.91. The van der Waals surface area contributed by atoms with E-state index in [0.717, 1.165) is 15.9 Å². The number of hydrogen-bond donors (Lipinski definition) is 1. The van der Waals surface area contributed by atoms with E-state index in [9.17, 15) is 9.59 Å². The van der Waals surface area contributed by atoms with Gasteiger partial charge in [-0.1, -0.05) is 114 Å². The van der Waals surface area contributed by atoms with Crippen molar-refractivity contribution in [1.82, 2.24) is 9.55 Å². The predicted octanol–water partition coefficient (Wildman–Crippen LogP) is 5.40. The monoisotopic (exact) mass is 746 g/mol. The lowest BCUT2D eigenvalue weighted by Gasteiger charge is -2.43. The van der Waals surface area contributed by atoms with E-state index in [0.29, 0.717) is 11.3 Å². The molecular weight excluding hydrogens is 697 g/mol. The first kappa shape index (κ1) is 39.3. The van der Waals surface area contributed by atoms with E-state index in [1.165, 1.54) is 10.8 Å². The lowest BCUT2D eigenvalue weighted by molar-refractivity contribution is -0.0813. The highest BCUT2D eigenvalue weighted by Crippen LogP contribution is 2.39. The van der Waals surface area contributed by atoms with Crippen LogP contribution in [0.1, 0.15) is 58.9 Å². The average molecular weight is 747 g/mol. The maximum absolute atomic E-state index is 13.3. The molecule has 0 saturated carbocycles. The van der Waals surface area contributed by atoms with Crippen molar-refractivity contribution in [1.29, 1.82) is 0 Å². The Balaban J connectivity index is 1.57. The summed E-state index contributed by atoms with van der Waals surface area (Å²) in [5, 5.41) is 1.74. The van der Waals surface area contributed by atoms with Crippen molar-refractivity contribution in [3.8, 4) is 5.75 Å². The van der Waals surface area contributed by atoms with E-state index in [-0.39, 0.29) is 35.5 Å². The molecule has 5 rings (SSSR count). The largest absolute Gasteiger partial charge is 0.447 e. The van der Waals surface area contributed by atoms with E-state index in [1.54, 1.807) is 14.0 Å². The number of ether oxygens (including phenoxy) is 5. The predicted molar refractivity (Wildman–Crippen MR) is 208 cm³/mol. The van der Waals surface area contributed by atoms with E-state index >= 15 is 0 Å². The second-order valence-corrected chi connectivity index (χ2v) is 19.7. The molecule has 12 heteroatoms. The van der Waals surface area contributed by atoms with Gasteiger partial charge in [0.1, 0.15) is 18.0 Å². The molecule has 52 heavy (non-hydrogen) atoms. The van der Waals surface area contributed by atoms with Crippen molar-refractivity contribution in [2.45, 2.75) is 83.5 Å². The van der Waals surface area contributed by atoms with Crippen LogP contribution < -0.4 is 26.4 Å². The third-order valence-corrected chi connectivity index (χ3v) is 14.5. The highest BCUT2D eigenvalue weighted by molar-refractivity contribution is 7.79. The van der Waals surface area contributed by atoms with Gasteiger partial charge in [-0.25, -0.2) is 4.79 Å². The number of aryl methyl sites for hydroxylation is 1. The van der Waals surface area contributed by atoms with Gasteiger partial charge in [0, 0.05) is 31.1 Å². The van der Waals surface area contributed by atoms with E-state index in [2.05, 4.69) is 70.8 Å². The van der Waals surface area contributed by atoms with Gasteiger partial charge in [-0.2, -0.15) is 0 Å². The topological polar surface area (TPSA) is 110 Å². The molecule has 4 aromatic rings. The molecule has 0 bridgehead atoms. The van der Waals surface area contributed by atoms with Gasteiger partial charge in [-0.15, -0.1) is 0 Å². The first-order valence-electron chi connectivity index (χ1n) is 17.5. The Kier molecular flexibility index (Phi) is 12.4. The van der Waals surface area contributed by atoms with Crippen LogP contribution in [-0.4, -0.2) is 68.3 Å². The minimum atomic E-state index is -3.03. The van der Waals surface area contributed by atoms with Gasteiger partial charge < -0.3 is 28.1 Å². The molecule has 1 N–H and O–H groups in total. The van der Waals surface area contributed by atoms with E-state index < -0.39 is 44.1 Å². The number of hydrogen-bond acceptors (Lipinski definition) is 9. The number of methoxy groups -OCH3 is 1. The summed E-state index contributed by atoms with van der Waals surface area (Å²) in [6, 6.07) is 28.3. The molecule has 0 amide bonds. The number of aromatic amines is 1. The van der Waals surface area contributed by atoms with Crippen molar-refractivity contribution >= 4 is 36.1 Å². The lowest BCUT2D eigenvalue weighted by Crippen LogP contribution is -2.67. The molecule has 3 aromatic carbocycles. The summed E-state index contributed by atoms with van der Waals surface area (Å²) >= 11 is 5.71. The molecule has 278 valence electrons. The second-order valence-electron chi connectivity index (χ2n) is 15.1.